The summed E-state index contributed by atoms with van der Waals surface area (Å²) in [5.74, 6) is 0. The van der Waals surface area contributed by atoms with Gasteiger partial charge in [0.05, 0.1) is 6.61 Å². The predicted octanol–water partition coefficient (Wildman–Crippen LogP) is 2.53. The summed E-state index contributed by atoms with van der Waals surface area (Å²) >= 11 is 6.74. The molecular weight excluding hydrogens is 236 g/mol. The van der Waals surface area contributed by atoms with Crippen LogP contribution in [0.4, 0.5) is 0 Å². The van der Waals surface area contributed by atoms with Gasteiger partial charge in [0, 0.05) is 6.61 Å². The van der Waals surface area contributed by atoms with Crippen molar-refractivity contribution in [3.8, 4) is 0 Å². The standard InChI is InChI=1S/C5H10Br2O/c1-3-8-4-5(2,6)7/h3-4H2,1-2H3. The van der Waals surface area contributed by atoms with Crippen LogP contribution < -0.4 is 0 Å². The molecule has 0 unspecified atom stereocenters. The molecule has 0 saturated carbocycles. The third-order valence-corrected chi connectivity index (χ3v) is 1.02. The Morgan fingerprint density at radius 1 is 1.50 bits per heavy atom. The molecule has 8 heavy (non-hydrogen) atoms. The fourth-order valence-electron chi connectivity index (χ4n) is 0.281. The van der Waals surface area contributed by atoms with Crippen molar-refractivity contribution in [2.75, 3.05) is 13.2 Å². The van der Waals surface area contributed by atoms with Gasteiger partial charge in [-0.05, 0) is 13.8 Å². The monoisotopic (exact) mass is 244 g/mol. The van der Waals surface area contributed by atoms with Crippen molar-refractivity contribution in [2.24, 2.45) is 0 Å². The lowest BCUT2D eigenvalue weighted by Crippen LogP contribution is -2.13. The van der Waals surface area contributed by atoms with E-state index in [1.165, 1.54) is 0 Å². The summed E-state index contributed by atoms with van der Waals surface area (Å²) < 4.78 is 5.06. The number of hydrogen-bond donors (Lipinski definition) is 0. The number of ether oxygens (including phenoxy) is 1. The molecule has 0 rings (SSSR count). The van der Waals surface area contributed by atoms with Crippen LogP contribution in [0.25, 0.3) is 0 Å². The molecule has 50 valence electrons. The molecule has 0 bridgehead atoms. The van der Waals surface area contributed by atoms with E-state index in [-0.39, 0.29) is 3.23 Å². The molecule has 3 heteroatoms. The van der Waals surface area contributed by atoms with Crippen molar-refractivity contribution < 1.29 is 4.74 Å². The first kappa shape index (κ1) is 8.92. The van der Waals surface area contributed by atoms with Gasteiger partial charge in [-0.15, -0.1) is 0 Å². The molecule has 0 radical (unpaired) electrons. The average Bonchev–Trinajstić information content (AvgIpc) is 1.59. The van der Waals surface area contributed by atoms with E-state index in [9.17, 15) is 0 Å². The Hall–Kier alpha value is 0.920. The topological polar surface area (TPSA) is 9.23 Å². The third-order valence-electron chi connectivity index (χ3n) is 0.560. The van der Waals surface area contributed by atoms with E-state index < -0.39 is 0 Å². The summed E-state index contributed by atoms with van der Waals surface area (Å²) in [6, 6.07) is 0. The quantitative estimate of drug-likeness (QED) is 0.695. The van der Waals surface area contributed by atoms with Crippen molar-refractivity contribution in [3.63, 3.8) is 0 Å². The first-order chi connectivity index (χ1) is 3.56. The molecule has 0 heterocycles. The molecule has 0 aromatic heterocycles. The first-order valence-corrected chi connectivity index (χ1v) is 4.10. The Balaban J connectivity index is 3.11. The maximum Gasteiger partial charge on any atom is 0.101 e. The molecule has 0 aliphatic heterocycles. The van der Waals surface area contributed by atoms with Crippen LogP contribution >= 0.6 is 31.9 Å². The van der Waals surface area contributed by atoms with Gasteiger partial charge < -0.3 is 4.74 Å². The van der Waals surface area contributed by atoms with Crippen LogP contribution in [0.15, 0.2) is 0 Å². The van der Waals surface area contributed by atoms with Gasteiger partial charge in [-0.2, -0.15) is 0 Å². The largest absolute Gasteiger partial charge is 0.379 e. The molecule has 1 nitrogen and oxygen atoms in total. The Bertz CT molecular complexity index is 57.9. The maximum atomic E-state index is 5.10. The highest BCUT2D eigenvalue weighted by Gasteiger charge is 2.13. The maximum absolute atomic E-state index is 5.10. The van der Waals surface area contributed by atoms with Crippen LogP contribution in [0.3, 0.4) is 0 Å². The normalized spacial score (nSPS) is 12.0. The molecule has 0 spiro atoms. The van der Waals surface area contributed by atoms with Crippen LogP contribution in [0.2, 0.25) is 0 Å². The first-order valence-electron chi connectivity index (χ1n) is 2.52. The van der Waals surface area contributed by atoms with Crippen molar-refractivity contribution in [2.45, 2.75) is 17.1 Å². The van der Waals surface area contributed by atoms with Gasteiger partial charge >= 0.3 is 0 Å². The highest BCUT2D eigenvalue weighted by atomic mass is 79.9. The molecule has 0 atom stereocenters. The smallest absolute Gasteiger partial charge is 0.101 e. The van der Waals surface area contributed by atoms with Gasteiger partial charge in [0.25, 0.3) is 0 Å². The highest BCUT2D eigenvalue weighted by Crippen LogP contribution is 2.24. The summed E-state index contributed by atoms with van der Waals surface area (Å²) in [7, 11) is 0. The summed E-state index contributed by atoms with van der Waals surface area (Å²) in [4.78, 5) is 0. The molecular formula is C5H10Br2O. The third kappa shape index (κ3) is 6.92. The van der Waals surface area contributed by atoms with E-state index in [1.807, 2.05) is 13.8 Å². The van der Waals surface area contributed by atoms with E-state index in [1.54, 1.807) is 0 Å². The predicted molar refractivity (Wildman–Crippen MR) is 42.8 cm³/mol. The fraction of sp³-hybridized carbons (Fsp3) is 1.00. The van der Waals surface area contributed by atoms with Gasteiger partial charge in [0.1, 0.15) is 3.23 Å². The molecule has 0 aliphatic carbocycles. The summed E-state index contributed by atoms with van der Waals surface area (Å²) in [6.45, 7) is 5.45. The number of rotatable bonds is 3. The molecule has 0 saturated heterocycles. The van der Waals surface area contributed by atoms with E-state index in [4.69, 9.17) is 4.74 Å². The lowest BCUT2D eigenvalue weighted by Gasteiger charge is -2.12. The highest BCUT2D eigenvalue weighted by molar-refractivity contribution is 9.25. The minimum absolute atomic E-state index is 0.0456. The van der Waals surface area contributed by atoms with Gasteiger partial charge in [0.2, 0.25) is 0 Å². The Kier molecular flexibility index (Phi) is 4.30. The van der Waals surface area contributed by atoms with Gasteiger partial charge in [-0.3, -0.25) is 0 Å². The van der Waals surface area contributed by atoms with Gasteiger partial charge in [0.15, 0.2) is 0 Å². The van der Waals surface area contributed by atoms with E-state index in [2.05, 4.69) is 31.9 Å². The minimum Gasteiger partial charge on any atom is -0.379 e. The Morgan fingerprint density at radius 2 is 2.00 bits per heavy atom. The van der Waals surface area contributed by atoms with Crippen LogP contribution in [0.5, 0.6) is 0 Å². The zero-order valence-electron chi connectivity index (χ0n) is 5.08. The molecule has 0 N–H and O–H groups in total. The van der Waals surface area contributed by atoms with Crippen molar-refractivity contribution in [1.29, 1.82) is 0 Å². The Labute approximate surface area is 67.0 Å². The van der Waals surface area contributed by atoms with Crippen LogP contribution in [0.1, 0.15) is 13.8 Å². The molecule has 0 fully saturated rings. The zero-order valence-corrected chi connectivity index (χ0v) is 8.25. The number of alkyl halides is 2. The van der Waals surface area contributed by atoms with E-state index in [0.717, 1.165) is 6.61 Å². The van der Waals surface area contributed by atoms with Crippen LogP contribution in [-0.4, -0.2) is 16.4 Å². The second-order valence-corrected chi connectivity index (χ2v) is 6.27. The molecule has 0 aromatic rings. The van der Waals surface area contributed by atoms with Crippen LogP contribution in [-0.2, 0) is 4.74 Å². The minimum atomic E-state index is -0.0456. The number of halogens is 2. The lowest BCUT2D eigenvalue weighted by atomic mass is 10.5. The molecule has 0 amide bonds. The van der Waals surface area contributed by atoms with Crippen molar-refractivity contribution in [3.05, 3.63) is 0 Å². The van der Waals surface area contributed by atoms with E-state index >= 15 is 0 Å². The second kappa shape index (κ2) is 3.85. The SMILES string of the molecule is CCOCC(C)(Br)Br. The zero-order chi connectivity index (χ0) is 6.62. The fourth-order valence-corrected chi connectivity index (χ4v) is 0.605. The van der Waals surface area contributed by atoms with Crippen molar-refractivity contribution >= 4 is 31.9 Å². The van der Waals surface area contributed by atoms with Gasteiger partial charge in [-0.25, -0.2) is 0 Å². The summed E-state index contributed by atoms with van der Waals surface area (Å²) in [5.41, 5.74) is 0. The summed E-state index contributed by atoms with van der Waals surface area (Å²) in [6.07, 6.45) is 0. The van der Waals surface area contributed by atoms with Crippen molar-refractivity contribution in [1.82, 2.24) is 0 Å². The van der Waals surface area contributed by atoms with Gasteiger partial charge in [-0.1, -0.05) is 31.9 Å². The Morgan fingerprint density at radius 3 is 2.12 bits per heavy atom. The number of hydrogen-bond acceptors (Lipinski definition) is 1. The molecule has 0 aromatic carbocycles. The molecule has 0 aliphatic rings. The van der Waals surface area contributed by atoms with Crippen LogP contribution in [0, 0.1) is 0 Å². The van der Waals surface area contributed by atoms with E-state index in [0.29, 0.717) is 6.61 Å². The lowest BCUT2D eigenvalue weighted by molar-refractivity contribution is 0.148. The summed E-state index contributed by atoms with van der Waals surface area (Å²) in [5, 5.41) is 0. The average molecular weight is 246 g/mol. The second-order valence-electron chi connectivity index (χ2n) is 1.71.